The van der Waals surface area contributed by atoms with Crippen LogP contribution in [0.2, 0.25) is 0 Å². The Kier molecular flexibility index (Phi) is 6.98. The van der Waals surface area contributed by atoms with E-state index >= 15 is 0 Å². The maximum Gasteiger partial charge on any atom is 0.410 e. The average molecular weight is 345 g/mol. The maximum atomic E-state index is 12.0. The van der Waals surface area contributed by atoms with Crippen LogP contribution in [0.15, 0.2) is 30.3 Å². The summed E-state index contributed by atoms with van der Waals surface area (Å²) >= 11 is 0. The van der Waals surface area contributed by atoms with Crippen molar-refractivity contribution in [1.82, 2.24) is 4.90 Å². The fourth-order valence-corrected chi connectivity index (χ4v) is 1.99. The summed E-state index contributed by atoms with van der Waals surface area (Å²) in [6, 6.07) is 7.73. The number of nitrogens with zero attached hydrogens (tertiary/aromatic N) is 1. The Bertz CT molecular complexity index is 630. The fourth-order valence-electron chi connectivity index (χ4n) is 1.61. The number of carbonyl (C=O) groups excluding carboxylic acids is 2. The van der Waals surface area contributed by atoms with Crippen LogP contribution in [0.3, 0.4) is 0 Å². The largest absolute Gasteiger partial charge is 0.467 e. The summed E-state index contributed by atoms with van der Waals surface area (Å²) in [4.78, 5) is 24.6. The van der Waals surface area contributed by atoms with Gasteiger partial charge in [-0.25, -0.2) is 9.59 Å². The summed E-state index contributed by atoms with van der Waals surface area (Å²) in [6.45, 7) is -0.534. The van der Waals surface area contributed by atoms with Crippen molar-refractivity contribution in [3.05, 3.63) is 35.9 Å². The van der Waals surface area contributed by atoms with E-state index in [9.17, 15) is 18.0 Å². The Hall–Kier alpha value is -2.13. The molecule has 0 aliphatic rings. The van der Waals surface area contributed by atoms with Gasteiger partial charge in [-0.3, -0.25) is 9.08 Å². The van der Waals surface area contributed by atoms with Gasteiger partial charge in [0.25, 0.3) is 10.1 Å². The lowest BCUT2D eigenvalue weighted by atomic mass is 10.2. The van der Waals surface area contributed by atoms with E-state index in [1.807, 2.05) is 6.07 Å². The van der Waals surface area contributed by atoms with Gasteiger partial charge in [0.1, 0.15) is 6.61 Å². The predicted molar refractivity (Wildman–Crippen MR) is 81.0 cm³/mol. The molecular weight excluding hydrogens is 326 g/mol. The number of esters is 1. The number of hydrogen-bond donors (Lipinski definition) is 0. The summed E-state index contributed by atoms with van der Waals surface area (Å²) in [5.41, 5.74) is 0.774. The molecule has 0 bridgehead atoms. The van der Waals surface area contributed by atoms with Gasteiger partial charge in [-0.2, -0.15) is 8.42 Å². The molecule has 1 atom stereocenters. The quantitative estimate of drug-likeness (QED) is 0.531. The first kappa shape index (κ1) is 18.9. The third-order valence-electron chi connectivity index (χ3n) is 2.87. The molecule has 0 saturated carbocycles. The molecule has 1 unspecified atom stereocenters. The summed E-state index contributed by atoms with van der Waals surface area (Å²) < 4.78 is 36.3. The standard InChI is InChI=1S/C14H19NO7S/c1-15(12(13(16)20-2)10-22-23(3,18)19)14(17)21-9-11-7-5-4-6-8-11/h4-8,12H,9-10H2,1-3H3. The molecule has 128 valence electrons. The third kappa shape index (κ3) is 6.66. The van der Waals surface area contributed by atoms with Crippen LogP contribution < -0.4 is 0 Å². The second-order valence-corrected chi connectivity index (χ2v) is 6.32. The van der Waals surface area contributed by atoms with Crippen molar-refractivity contribution in [2.24, 2.45) is 0 Å². The number of hydrogen-bond acceptors (Lipinski definition) is 7. The lowest BCUT2D eigenvalue weighted by Crippen LogP contribution is -2.46. The number of likely N-dealkylation sites (N-methyl/N-ethyl adjacent to an activating group) is 1. The summed E-state index contributed by atoms with van der Waals surface area (Å²) in [6.07, 6.45) is 0.0380. The minimum atomic E-state index is -3.76. The van der Waals surface area contributed by atoms with Crippen LogP contribution in [-0.4, -0.2) is 58.4 Å². The Labute approximate surface area is 135 Å². The van der Waals surface area contributed by atoms with E-state index < -0.39 is 34.8 Å². The van der Waals surface area contributed by atoms with Crippen LogP contribution in [0.4, 0.5) is 4.79 Å². The van der Waals surface area contributed by atoms with Gasteiger partial charge in [-0.15, -0.1) is 0 Å². The first-order chi connectivity index (χ1) is 10.7. The number of methoxy groups -OCH3 is 1. The van der Waals surface area contributed by atoms with Gasteiger partial charge in [0.05, 0.1) is 20.0 Å². The normalized spacial score (nSPS) is 12.3. The first-order valence-corrected chi connectivity index (χ1v) is 8.42. The van der Waals surface area contributed by atoms with Crippen LogP contribution in [0, 0.1) is 0 Å². The molecule has 9 heteroatoms. The summed E-state index contributed by atoms with van der Waals surface area (Å²) in [7, 11) is -1.35. The Balaban J connectivity index is 2.68. The van der Waals surface area contributed by atoms with E-state index in [0.29, 0.717) is 0 Å². The minimum Gasteiger partial charge on any atom is -0.467 e. The highest BCUT2D eigenvalue weighted by atomic mass is 32.2. The van der Waals surface area contributed by atoms with Crippen molar-refractivity contribution in [3.63, 3.8) is 0 Å². The van der Waals surface area contributed by atoms with Crippen LogP contribution in [0.5, 0.6) is 0 Å². The van der Waals surface area contributed by atoms with Gasteiger partial charge in [0, 0.05) is 7.05 Å². The fraction of sp³-hybridized carbons (Fsp3) is 0.429. The van der Waals surface area contributed by atoms with Gasteiger partial charge in [-0.1, -0.05) is 30.3 Å². The molecule has 0 heterocycles. The van der Waals surface area contributed by atoms with Gasteiger partial charge >= 0.3 is 12.1 Å². The molecule has 0 saturated heterocycles. The zero-order chi connectivity index (χ0) is 17.5. The van der Waals surface area contributed by atoms with Gasteiger partial charge in [0.15, 0.2) is 6.04 Å². The second kappa shape index (κ2) is 8.49. The number of amides is 1. The van der Waals surface area contributed by atoms with E-state index in [2.05, 4.69) is 8.92 Å². The van der Waals surface area contributed by atoms with Crippen molar-refractivity contribution in [2.75, 3.05) is 27.0 Å². The van der Waals surface area contributed by atoms with E-state index in [0.717, 1.165) is 23.8 Å². The molecule has 0 spiro atoms. The lowest BCUT2D eigenvalue weighted by molar-refractivity contribution is -0.147. The Morgan fingerprint density at radius 2 is 1.83 bits per heavy atom. The number of benzene rings is 1. The highest BCUT2D eigenvalue weighted by molar-refractivity contribution is 7.85. The minimum absolute atomic E-state index is 0.0187. The molecule has 0 aliphatic heterocycles. The number of rotatable bonds is 7. The summed E-state index contributed by atoms with van der Waals surface area (Å²) in [5, 5.41) is 0. The molecule has 8 nitrogen and oxygen atoms in total. The average Bonchev–Trinajstić information content (AvgIpc) is 2.52. The smallest absolute Gasteiger partial charge is 0.410 e. The molecule has 1 rings (SSSR count). The predicted octanol–water partition coefficient (Wildman–Crippen LogP) is 0.773. The van der Waals surface area contributed by atoms with Crippen LogP contribution >= 0.6 is 0 Å². The maximum absolute atomic E-state index is 12.0. The van der Waals surface area contributed by atoms with Crippen molar-refractivity contribution < 1.29 is 31.7 Å². The highest BCUT2D eigenvalue weighted by Crippen LogP contribution is 2.07. The molecule has 0 fully saturated rings. The molecule has 1 amide bonds. The van der Waals surface area contributed by atoms with Crippen LogP contribution in [0.25, 0.3) is 0 Å². The van der Waals surface area contributed by atoms with E-state index in [4.69, 9.17) is 4.74 Å². The zero-order valence-electron chi connectivity index (χ0n) is 13.1. The molecular formula is C14H19NO7S. The molecule has 0 aliphatic carbocycles. The molecule has 1 aromatic carbocycles. The summed E-state index contributed by atoms with van der Waals surface area (Å²) in [5.74, 6) is -0.812. The molecule has 23 heavy (non-hydrogen) atoms. The van der Waals surface area contributed by atoms with Crippen molar-refractivity contribution in [2.45, 2.75) is 12.6 Å². The van der Waals surface area contributed by atoms with Crippen LogP contribution in [-0.2, 0) is 35.2 Å². The van der Waals surface area contributed by atoms with Crippen LogP contribution in [0.1, 0.15) is 5.56 Å². The van der Waals surface area contributed by atoms with E-state index in [-0.39, 0.29) is 6.61 Å². The van der Waals surface area contributed by atoms with Gasteiger partial charge in [-0.05, 0) is 5.56 Å². The topological polar surface area (TPSA) is 99.2 Å². The van der Waals surface area contributed by atoms with E-state index in [1.165, 1.54) is 7.05 Å². The third-order valence-corrected chi connectivity index (χ3v) is 3.44. The Morgan fingerprint density at radius 3 is 2.35 bits per heavy atom. The van der Waals surface area contributed by atoms with Gasteiger partial charge in [0.2, 0.25) is 0 Å². The first-order valence-electron chi connectivity index (χ1n) is 6.60. The Morgan fingerprint density at radius 1 is 1.22 bits per heavy atom. The molecule has 1 aromatic rings. The molecule has 0 radical (unpaired) electrons. The number of ether oxygens (including phenoxy) is 2. The zero-order valence-corrected chi connectivity index (χ0v) is 13.9. The SMILES string of the molecule is COC(=O)C(COS(C)(=O)=O)N(C)C(=O)OCc1ccccc1. The van der Waals surface area contributed by atoms with Crippen molar-refractivity contribution in [1.29, 1.82) is 0 Å². The van der Waals surface area contributed by atoms with Crippen molar-refractivity contribution >= 4 is 22.2 Å². The second-order valence-electron chi connectivity index (χ2n) is 4.68. The highest BCUT2D eigenvalue weighted by Gasteiger charge is 2.30. The molecule has 0 aromatic heterocycles. The van der Waals surface area contributed by atoms with E-state index in [1.54, 1.807) is 24.3 Å². The lowest BCUT2D eigenvalue weighted by Gasteiger charge is -2.24. The number of carbonyl (C=O) groups is 2. The molecule has 0 N–H and O–H groups in total. The van der Waals surface area contributed by atoms with Gasteiger partial charge < -0.3 is 9.47 Å². The monoisotopic (exact) mass is 345 g/mol. The van der Waals surface area contributed by atoms with Crippen molar-refractivity contribution in [3.8, 4) is 0 Å².